The molecule has 1 heterocycles. The summed E-state index contributed by atoms with van der Waals surface area (Å²) < 4.78 is 13.8. The van der Waals surface area contributed by atoms with E-state index in [4.69, 9.17) is 11.6 Å². The fourth-order valence-corrected chi connectivity index (χ4v) is 3.41. The number of hydrogen-bond donors (Lipinski definition) is 2. The van der Waals surface area contributed by atoms with Crippen molar-refractivity contribution < 1.29 is 14.0 Å². The molecule has 138 valence electrons. The van der Waals surface area contributed by atoms with Crippen LogP contribution in [-0.2, 0) is 4.79 Å². The van der Waals surface area contributed by atoms with Crippen LogP contribution < -0.4 is 10.6 Å². The first kappa shape index (κ1) is 19.0. The van der Waals surface area contributed by atoms with Gasteiger partial charge in [0.05, 0.1) is 17.3 Å². The Kier molecular flexibility index (Phi) is 5.83. The molecule has 3 rings (SSSR count). The Bertz CT molecular complexity index is 1010. The van der Waals surface area contributed by atoms with Crippen molar-refractivity contribution in [3.05, 3.63) is 69.9 Å². The van der Waals surface area contributed by atoms with Crippen molar-refractivity contribution in [3.8, 4) is 10.6 Å². The van der Waals surface area contributed by atoms with E-state index in [1.807, 2.05) is 13.0 Å². The standard InChI is InChI=1S/C19H15ClFN3O2S/c1-11-6-7-15(13(20)8-11)23-17(25)9-22-18(26)16-10-27-19(24-16)12-4-2-3-5-14(12)21/h2-8,10H,9H2,1H3,(H,22,26)(H,23,25). The van der Waals surface area contributed by atoms with E-state index in [1.165, 1.54) is 11.4 Å². The van der Waals surface area contributed by atoms with Crippen LogP contribution in [0, 0.1) is 12.7 Å². The van der Waals surface area contributed by atoms with Crippen molar-refractivity contribution in [2.24, 2.45) is 0 Å². The van der Waals surface area contributed by atoms with Crippen LogP contribution in [0.25, 0.3) is 10.6 Å². The summed E-state index contributed by atoms with van der Waals surface area (Å²) in [7, 11) is 0. The van der Waals surface area contributed by atoms with Crippen molar-refractivity contribution in [1.29, 1.82) is 0 Å². The molecule has 0 aliphatic heterocycles. The Morgan fingerprint density at radius 2 is 2.00 bits per heavy atom. The minimum absolute atomic E-state index is 0.124. The summed E-state index contributed by atoms with van der Waals surface area (Å²) in [5, 5.41) is 7.45. The Balaban J connectivity index is 1.59. The SMILES string of the molecule is Cc1ccc(NC(=O)CNC(=O)c2csc(-c3ccccc3F)n2)c(Cl)c1. The number of aryl methyl sites for hydroxylation is 1. The number of nitrogens with zero attached hydrogens (tertiary/aromatic N) is 1. The van der Waals surface area contributed by atoms with E-state index >= 15 is 0 Å². The second kappa shape index (κ2) is 8.28. The number of carbonyl (C=O) groups excluding carboxylic acids is 2. The second-order valence-corrected chi connectivity index (χ2v) is 7.00. The highest BCUT2D eigenvalue weighted by Crippen LogP contribution is 2.26. The number of thiazole rings is 1. The van der Waals surface area contributed by atoms with Crippen LogP contribution in [0.4, 0.5) is 10.1 Å². The fraction of sp³-hybridized carbons (Fsp3) is 0.105. The van der Waals surface area contributed by atoms with Gasteiger partial charge < -0.3 is 10.6 Å². The molecular formula is C19H15ClFN3O2S. The molecular weight excluding hydrogens is 389 g/mol. The first-order valence-electron chi connectivity index (χ1n) is 7.98. The third kappa shape index (κ3) is 4.69. The second-order valence-electron chi connectivity index (χ2n) is 5.73. The number of hydrogen-bond acceptors (Lipinski definition) is 4. The molecule has 5 nitrogen and oxygen atoms in total. The molecule has 2 aromatic carbocycles. The van der Waals surface area contributed by atoms with E-state index in [2.05, 4.69) is 15.6 Å². The van der Waals surface area contributed by atoms with Gasteiger partial charge in [-0.2, -0.15) is 0 Å². The number of rotatable bonds is 5. The first-order valence-corrected chi connectivity index (χ1v) is 9.24. The van der Waals surface area contributed by atoms with Gasteiger partial charge in [0.2, 0.25) is 5.91 Å². The number of benzene rings is 2. The number of halogens is 2. The van der Waals surface area contributed by atoms with Crippen LogP contribution in [0.5, 0.6) is 0 Å². The highest BCUT2D eigenvalue weighted by Gasteiger charge is 2.15. The summed E-state index contributed by atoms with van der Waals surface area (Å²) in [6.45, 7) is 1.65. The molecule has 2 N–H and O–H groups in total. The number of aromatic nitrogens is 1. The van der Waals surface area contributed by atoms with Crippen molar-refractivity contribution in [2.75, 3.05) is 11.9 Å². The van der Waals surface area contributed by atoms with Crippen molar-refractivity contribution in [2.45, 2.75) is 6.92 Å². The summed E-state index contributed by atoms with van der Waals surface area (Å²) in [5.74, 6) is -1.34. The van der Waals surface area contributed by atoms with Crippen LogP contribution in [0.3, 0.4) is 0 Å². The summed E-state index contributed by atoms with van der Waals surface area (Å²) in [5.41, 5.74) is 1.89. The molecule has 1 aromatic heterocycles. The molecule has 0 saturated heterocycles. The summed E-state index contributed by atoms with van der Waals surface area (Å²) in [6, 6.07) is 11.4. The van der Waals surface area contributed by atoms with E-state index in [-0.39, 0.29) is 12.2 Å². The molecule has 0 saturated carbocycles. The lowest BCUT2D eigenvalue weighted by atomic mass is 10.2. The van der Waals surface area contributed by atoms with Gasteiger partial charge in [0.25, 0.3) is 5.91 Å². The van der Waals surface area contributed by atoms with E-state index in [0.717, 1.165) is 16.9 Å². The zero-order valence-electron chi connectivity index (χ0n) is 14.3. The van der Waals surface area contributed by atoms with Crippen LogP contribution in [-0.4, -0.2) is 23.3 Å². The monoisotopic (exact) mass is 403 g/mol. The molecule has 3 aromatic rings. The number of anilines is 1. The average molecular weight is 404 g/mol. The third-order valence-electron chi connectivity index (χ3n) is 3.65. The predicted octanol–water partition coefficient (Wildman–Crippen LogP) is 4.28. The molecule has 0 radical (unpaired) electrons. The quantitative estimate of drug-likeness (QED) is 0.668. The van der Waals surface area contributed by atoms with Gasteiger partial charge in [0.1, 0.15) is 16.5 Å². The molecule has 0 aliphatic rings. The molecule has 0 fully saturated rings. The van der Waals surface area contributed by atoms with Crippen LogP contribution in [0.1, 0.15) is 16.1 Å². The van der Waals surface area contributed by atoms with Crippen molar-refractivity contribution >= 4 is 40.4 Å². The maximum absolute atomic E-state index is 13.8. The summed E-state index contributed by atoms with van der Waals surface area (Å²) in [4.78, 5) is 28.3. The number of amides is 2. The number of carbonyl (C=O) groups is 2. The van der Waals surface area contributed by atoms with Crippen LogP contribution in [0.2, 0.25) is 5.02 Å². The lowest BCUT2D eigenvalue weighted by molar-refractivity contribution is -0.115. The highest BCUT2D eigenvalue weighted by atomic mass is 35.5. The zero-order valence-corrected chi connectivity index (χ0v) is 15.8. The van der Waals surface area contributed by atoms with Crippen molar-refractivity contribution in [1.82, 2.24) is 10.3 Å². The van der Waals surface area contributed by atoms with Gasteiger partial charge in [0.15, 0.2) is 0 Å². The minimum atomic E-state index is -0.515. The molecule has 0 atom stereocenters. The Morgan fingerprint density at radius 1 is 1.22 bits per heavy atom. The van der Waals surface area contributed by atoms with Gasteiger partial charge in [-0.15, -0.1) is 11.3 Å². The smallest absolute Gasteiger partial charge is 0.271 e. The Morgan fingerprint density at radius 3 is 2.74 bits per heavy atom. The average Bonchev–Trinajstić information content (AvgIpc) is 3.12. The topological polar surface area (TPSA) is 71.1 Å². The maximum atomic E-state index is 13.8. The van der Waals surface area contributed by atoms with Gasteiger partial charge in [-0.05, 0) is 36.8 Å². The molecule has 0 spiro atoms. The summed E-state index contributed by atoms with van der Waals surface area (Å²) >= 11 is 7.22. The molecule has 27 heavy (non-hydrogen) atoms. The van der Waals surface area contributed by atoms with E-state index in [1.54, 1.807) is 30.3 Å². The van der Waals surface area contributed by atoms with Crippen LogP contribution >= 0.6 is 22.9 Å². The highest BCUT2D eigenvalue weighted by molar-refractivity contribution is 7.13. The maximum Gasteiger partial charge on any atom is 0.271 e. The van der Waals surface area contributed by atoms with Gasteiger partial charge in [-0.3, -0.25) is 9.59 Å². The lowest BCUT2D eigenvalue weighted by Gasteiger charge is -2.08. The lowest BCUT2D eigenvalue weighted by Crippen LogP contribution is -2.33. The van der Waals surface area contributed by atoms with Gasteiger partial charge in [-0.25, -0.2) is 9.37 Å². The molecule has 0 aliphatic carbocycles. The minimum Gasteiger partial charge on any atom is -0.342 e. The Hall–Kier alpha value is -2.77. The first-order chi connectivity index (χ1) is 12.9. The Labute approximate surface area is 164 Å². The van der Waals surface area contributed by atoms with E-state index in [9.17, 15) is 14.0 Å². The van der Waals surface area contributed by atoms with Crippen molar-refractivity contribution in [3.63, 3.8) is 0 Å². The molecule has 2 amide bonds. The van der Waals surface area contributed by atoms with Crippen LogP contribution in [0.15, 0.2) is 47.8 Å². The fourth-order valence-electron chi connectivity index (χ4n) is 2.30. The van der Waals surface area contributed by atoms with Gasteiger partial charge in [0, 0.05) is 10.9 Å². The summed E-state index contributed by atoms with van der Waals surface area (Å²) in [6.07, 6.45) is 0. The molecule has 8 heteroatoms. The van der Waals surface area contributed by atoms with E-state index < -0.39 is 17.6 Å². The molecule has 0 unspecified atom stereocenters. The third-order valence-corrected chi connectivity index (χ3v) is 4.84. The zero-order chi connectivity index (χ0) is 19.4. The van der Waals surface area contributed by atoms with E-state index in [0.29, 0.717) is 21.3 Å². The normalized spacial score (nSPS) is 10.5. The molecule has 0 bridgehead atoms. The number of nitrogens with one attached hydrogen (secondary N) is 2. The largest absolute Gasteiger partial charge is 0.342 e. The predicted molar refractivity (Wildman–Crippen MR) is 105 cm³/mol. The van der Waals surface area contributed by atoms with Gasteiger partial charge in [-0.1, -0.05) is 29.8 Å². The van der Waals surface area contributed by atoms with Gasteiger partial charge >= 0.3 is 0 Å².